The van der Waals surface area contributed by atoms with Crippen LogP contribution < -0.4 is 5.73 Å². The van der Waals surface area contributed by atoms with E-state index in [1.165, 1.54) is 42.6 Å². The van der Waals surface area contributed by atoms with Crippen molar-refractivity contribution >= 4 is 0 Å². The molecular formula is C11H19N3. The maximum atomic E-state index is 5.58. The summed E-state index contributed by atoms with van der Waals surface area (Å²) in [5.74, 6) is 0. The Labute approximate surface area is 85.3 Å². The second kappa shape index (κ2) is 4.13. The molecule has 78 valence electrons. The van der Waals surface area contributed by atoms with Gasteiger partial charge >= 0.3 is 0 Å². The highest BCUT2D eigenvalue weighted by molar-refractivity contribution is 5.28. The van der Waals surface area contributed by atoms with Crippen molar-refractivity contribution in [2.45, 2.75) is 45.6 Å². The molecule has 1 aromatic heterocycles. The zero-order valence-corrected chi connectivity index (χ0v) is 8.92. The Balaban J connectivity index is 2.36. The predicted molar refractivity (Wildman–Crippen MR) is 57.3 cm³/mol. The van der Waals surface area contributed by atoms with Gasteiger partial charge in [-0.3, -0.25) is 4.68 Å². The van der Waals surface area contributed by atoms with E-state index in [-0.39, 0.29) is 0 Å². The van der Waals surface area contributed by atoms with E-state index in [0.717, 1.165) is 13.0 Å². The summed E-state index contributed by atoms with van der Waals surface area (Å²) in [4.78, 5) is 0. The van der Waals surface area contributed by atoms with Crippen LogP contribution in [0.1, 0.15) is 36.7 Å². The zero-order chi connectivity index (χ0) is 9.97. The first-order valence-electron chi connectivity index (χ1n) is 5.64. The summed E-state index contributed by atoms with van der Waals surface area (Å²) in [5, 5.41) is 4.65. The van der Waals surface area contributed by atoms with Crippen molar-refractivity contribution in [3.63, 3.8) is 0 Å². The van der Waals surface area contributed by atoms with Gasteiger partial charge in [-0.25, -0.2) is 0 Å². The zero-order valence-electron chi connectivity index (χ0n) is 8.92. The Bertz CT molecular complexity index is 315. The van der Waals surface area contributed by atoms with Gasteiger partial charge in [0.15, 0.2) is 0 Å². The van der Waals surface area contributed by atoms with Crippen molar-refractivity contribution in [2.75, 3.05) is 6.54 Å². The molecule has 14 heavy (non-hydrogen) atoms. The van der Waals surface area contributed by atoms with Crippen LogP contribution in [0, 0.1) is 0 Å². The standard InChI is InChI=1S/C11H19N3/c1-2-11-9-5-3-4-6-10(9)13-14(11)8-7-12/h2-8,12H2,1H3. The van der Waals surface area contributed by atoms with E-state index in [0.29, 0.717) is 6.54 Å². The first-order valence-corrected chi connectivity index (χ1v) is 5.64. The van der Waals surface area contributed by atoms with E-state index in [1.807, 2.05) is 0 Å². The maximum Gasteiger partial charge on any atom is 0.0659 e. The summed E-state index contributed by atoms with van der Waals surface area (Å²) in [7, 11) is 0. The molecule has 1 aromatic rings. The lowest BCUT2D eigenvalue weighted by Gasteiger charge is -2.10. The van der Waals surface area contributed by atoms with Gasteiger partial charge < -0.3 is 5.73 Å². The number of hydrogen-bond acceptors (Lipinski definition) is 2. The van der Waals surface area contributed by atoms with E-state index in [9.17, 15) is 0 Å². The van der Waals surface area contributed by atoms with E-state index in [2.05, 4.69) is 16.7 Å². The molecule has 0 fully saturated rings. The smallest absolute Gasteiger partial charge is 0.0659 e. The number of rotatable bonds is 3. The van der Waals surface area contributed by atoms with Crippen LogP contribution in [0.4, 0.5) is 0 Å². The van der Waals surface area contributed by atoms with Crippen LogP contribution in [0.25, 0.3) is 0 Å². The first kappa shape index (κ1) is 9.71. The van der Waals surface area contributed by atoms with Crippen molar-refractivity contribution in [3.8, 4) is 0 Å². The highest BCUT2D eigenvalue weighted by Gasteiger charge is 2.18. The Morgan fingerprint density at radius 1 is 1.36 bits per heavy atom. The van der Waals surface area contributed by atoms with Crippen LogP contribution in [0.2, 0.25) is 0 Å². The summed E-state index contributed by atoms with van der Waals surface area (Å²) >= 11 is 0. The number of aryl methyl sites for hydroxylation is 1. The SMILES string of the molecule is CCc1c2c(nn1CCN)CCCC2. The summed E-state index contributed by atoms with van der Waals surface area (Å²) < 4.78 is 2.12. The summed E-state index contributed by atoms with van der Waals surface area (Å²) in [6, 6.07) is 0. The van der Waals surface area contributed by atoms with Gasteiger partial charge in [-0.1, -0.05) is 6.92 Å². The summed E-state index contributed by atoms with van der Waals surface area (Å²) in [6.07, 6.45) is 6.11. The molecule has 0 saturated carbocycles. The van der Waals surface area contributed by atoms with Gasteiger partial charge in [-0.2, -0.15) is 5.10 Å². The Hall–Kier alpha value is -0.830. The van der Waals surface area contributed by atoms with Gasteiger partial charge in [0.2, 0.25) is 0 Å². The molecule has 3 heteroatoms. The van der Waals surface area contributed by atoms with E-state index >= 15 is 0 Å². The average Bonchev–Trinajstić information content (AvgIpc) is 2.55. The Kier molecular flexibility index (Phi) is 2.87. The van der Waals surface area contributed by atoms with Gasteiger partial charge in [0.05, 0.1) is 12.2 Å². The normalized spacial score (nSPS) is 15.6. The first-order chi connectivity index (χ1) is 6.86. The minimum Gasteiger partial charge on any atom is -0.329 e. The van der Waals surface area contributed by atoms with E-state index in [4.69, 9.17) is 5.73 Å². The highest BCUT2D eigenvalue weighted by Crippen LogP contribution is 2.24. The molecule has 2 N–H and O–H groups in total. The molecule has 2 rings (SSSR count). The van der Waals surface area contributed by atoms with Crippen LogP contribution >= 0.6 is 0 Å². The van der Waals surface area contributed by atoms with Crippen molar-refractivity contribution in [1.29, 1.82) is 0 Å². The molecule has 0 amide bonds. The van der Waals surface area contributed by atoms with E-state index in [1.54, 1.807) is 0 Å². The molecule has 0 radical (unpaired) electrons. The quantitative estimate of drug-likeness (QED) is 0.786. The predicted octanol–water partition coefficient (Wildman–Crippen LogP) is 1.28. The fourth-order valence-electron chi connectivity index (χ4n) is 2.38. The fraction of sp³-hybridized carbons (Fsp3) is 0.727. The average molecular weight is 193 g/mol. The third kappa shape index (κ3) is 1.57. The second-order valence-electron chi connectivity index (χ2n) is 3.94. The molecule has 0 saturated heterocycles. The molecule has 1 aliphatic carbocycles. The van der Waals surface area contributed by atoms with Crippen LogP contribution in [0.5, 0.6) is 0 Å². The molecule has 0 aliphatic heterocycles. The lowest BCUT2D eigenvalue weighted by atomic mass is 9.95. The highest BCUT2D eigenvalue weighted by atomic mass is 15.3. The van der Waals surface area contributed by atoms with Crippen LogP contribution in [-0.2, 0) is 25.8 Å². The van der Waals surface area contributed by atoms with Crippen LogP contribution in [0.3, 0.4) is 0 Å². The summed E-state index contributed by atoms with van der Waals surface area (Å²) in [6.45, 7) is 3.77. The minimum absolute atomic E-state index is 0.688. The molecule has 0 atom stereocenters. The molecular weight excluding hydrogens is 174 g/mol. The van der Waals surface area contributed by atoms with Gasteiger partial charge in [-0.05, 0) is 37.7 Å². The maximum absolute atomic E-state index is 5.58. The van der Waals surface area contributed by atoms with Gasteiger partial charge in [0, 0.05) is 12.2 Å². The monoisotopic (exact) mass is 193 g/mol. The number of fused-ring (bicyclic) bond motifs is 1. The van der Waals surface area contributed by atoms with Crippen LogP contribution in [-0.4, -0.2) is 16.3 Å². The fourth-order valence-corrected chi connectivity index (χ4v) is 2.38. The summed E-state index contributed by atoms with van der Waals surface area (Å²) in [5.41, 5.74) is 9.86. The molecule has 0 bridgehead atoms. The molecule has 0 unspecified atom stereocenters. The Morgan fingerprint density at radius 2 is 2.14 bits per heavy atom. The number of nitrogens with zero attached hydrogens (tertiary/aromatic N) is 2. The van der Waals surface area contributed by atoms with Crippen molar-refractivity contribution in [2.24, 2.45) is 5.73 Å². The van der Waals surface area contributed by atoms with E-state index < -0.39 is 0 Å². The Morgan fingerprint density at radius 3 is 2.86 bits per heavy atom. The van der Waals surface area contributed by atoms with Gasteiger partial charge in [0.25, 0.3) is 0 Å². The number of hydrogen-bond donors (Lipinski definition) is 1. The van der Waals surface area contributed by atoms with Crippen LogP contribution in [0.15, 0.2) is 0 Å². The molecule has 1 aliphatic rings. The topological polar surface area (TPSA) is 43.8 Å². The van der Waals surface area contributed by atoms with Gasteiger partial charge in [-0.15, -0.1) is 0 Å². The van der Waals surface area contributed by atoms with Crippen molar-refractivity contribution in [1.82, 2.24) is 9.78 Å². The molecule has 3 nitrogen and oxygen atoms in total. The lowest BCUT2D eigenvalue weighted by molar-refractivity contribution is 0.588. The third-order valence-corrected chi connectivity index (χ3v) is 3.02. The minimum atomic E-state index is 0.688. The molecule has 1 heterocycles. The largest absolute Gasteiger partial charge is 0.329 e. The van der Waals surface area contributed by atoms with Crippen molar-refractivity contribution < 1.29 is 0 Å². The van der Waals surface area contributed by atoms with Crippen molar-refractivity contribution in [3.05, 3.63) is 17.0 Å². The third-order valence-electron chi connectivity index (χ3n) is 3.02. The lowest BCUT2D eigenvalue weighted by Crippen LogP contribution is -2.13. The molecule has 0 aromatic carbocycles. The van der Waals surface area contributed by atoms with Gasteiger partial charge in [0.1, 0.15) is 0 Å². The number of aromatic nitrogens is 2. The second-order valence-corrected chi connectivity index (χ2v) is 3.94. The molecule has 0 spiro atoms. The number of nitrogens with two attached hydrogens (primary N) is 1.